The lowest BCUT2D eigenvalue weighted by atomic mass is 10.1. The van der Waals surface area contributed by atoms with Gasteiger partial charge in [-0.15, -0.1) is 11.3 Å². The van der Waals surface area contributed by atoms with Gasteiger partial charge in [-0.1, -0.05) is 12.1 Å². The first-order valence-corrected chi connectivity index (χ1v) is 5.56. The van der Waals surface area contributed by atoms with Crippen molar-refractivity contribution in [2.45, 2.75) is 13.3 Å². The third kappa shape index (κ3) is 2.42. The molecule has 0 atom stereocenters. The van der Waals surface area contributed by atoms with Crippen molar-refractivity contribution in [3.63, 3.8) is 0 Å². The van der Waals surface area contributed by atoms with Crippen molar-refractivity contribution >= 4 is 11.3 Å². The summed E-state index contributed by atoms with van der Waals surface area (Å²) in [5.74, 6) is 0. The van der Waals surface area contributed by atoms with Gasteiger partial charge in [-0.3, -0.25) is 0 Å². The van der Waals surface area contributed by atoms with Gasteiger partial charge in [0.05, 0.1) is 22.3 Å². The second kappa shape index (κ2) is 4.24. The Morgan fingerprint density at radius 2 is 2.07 bits per heavy atom. The summed E-state index contributed by atoms with van der Waals surface area (Å²) in [5, 5.41) is 11.8. The molecule has 2 aromatic rings. The number of benzene rings is 1. The van der Waals surface area contributed by atoms with Gasteiger partial charge in [0, 0.05) is 11.8 Å². The van der Waals surface area contributed by atoms with E-state index in [2.05, 4.69) is 16.4 Å². The number of nitriles is 1. The van der Waals surface area contributed by atoms with Crippen molar-refractivity contribution in [1.82, 2.24) is 4.98 Å². The van der Waals surface area contributed by atoms with Crippen LogP contribution in [0.5, 0.6) is 0 Å². The van der Waals surface area contributed by atoms with Crippen LogP contribution in [0.15, 0.2) is 29.6 Å². The van der Waals surface area contributed by atoms with E-state index in [-0.39, 0.29) is 0 Å². The standard InChI is InChI=1S/C12H10N2S/c1-9-14-12(8-15-9)6-10-2-4-11(7-13)5-3-10/h2-5,8H,6H2,1H3. The summed E-state index contributed by atoms with van der Waals surface area (Å²) in [5.41, 5.74) is 3.00. The number of rotatable bonds is 2. The first kappa shape index (κ1) is 9.88. The van der Waals surface area contributed by atoms with Gasteiger partial charge in [0.25, 0.3) is 0 Å². The summed E-state index contributed by atoms with van der Waals surface area (Å²) >= 11 is 1.67. The molecule has 0 amide bonds. The molecule has 0 aliphatic carbocycles. The van der Waals surface area contributed by atoms with Crippen LogP contribution in [0.2, 0.25) is 0 Å². The zero-order valence-corrected chi connectivity index (χ0v) is 9.21. The maximum absolute atomic E-state index is 8.66. The molecule has 0 aliphatic heterocycles. The Labute approximate surface area is 92.8 Å². The molecule has 0 bridgehead atoms. The number of aryl methyl sites for hydroxylation is 1. The van der Waals surface area contributed by atoms with E-state index in [4.69, 9.17) is 5.26 Å². The van der Waals surface area contributed by atoms with Crippen molar-refractivity contribution < 1.29 is 0 Å². The number of hydrogen-bond acceptors (Lipinski definition) is 3. The molecule has 2 rings (SSSR count). The smallest absolute Gasteiger partial charge is 0.0991 e. The molecule has 0 N–H and O–H groups in total. The van der Waals surface area contributed by atoms with E-state index in [0.29, 0.717) is 5.56 Å². The second-order valence-electron chi connectivity index (χ2n) is 3.34. The second-order valence-corrected chi connectivity index (χ2v) is 4.41. The van der Waals surface area contributed by atoms with Crippen molar-refractivity contribution in [3.05, 3.63) is 51.5 Å². The summed E-state index contributed by atoms with van der Waals surface area (Å²) < 4.78 is 0. The van der Waals surface area contributed by atoms with E-state index in [9.17, 15) is 0 Å². The molecule has 0 unspecified atom stereocenters. The zero-order chi connectivity index (χ0) is 10.7. The Bertz CT molecular complexity index is 491. The molecule has 1 heterocycles. The molecule has 2 nitrogen and oxygen atoms in total. The Balaban J connectivity index is 2.15. The van der Waals surface area contributed by atoms with Crippen LogP contribution < -0.4 is 0 Å². The largest absolute Gasteiger partial charge is 0.246 e. The lowest BCUT2D eigenvalue weighted by Crippen LogP contribution is -1.88. The fraction of sp³-hybridized carbons (Fsp3) is 0.167. The quantitative estimate of drug-likeness (QED) is 0.770. The molecule has 1 aromatic carbocycles. The predicted octanol–water partition coefficient (Wildman–Crippen LogP) is 2.91. The van der Waals surface area contributed by atoms with E-state index in [1.54, 1.807) is 11.3 Å². The summed E-state index contributed by atoms with van der Waals surface area (Å²) in [6.45, 7) is 2.01. The molecule has 0 aliphatic rings. The van der Waals surface area contributed by atoms with E-state index >= 15 is 0 Å². The van der Waals surface area contributed by atoms with Gasteiger partial charge in [-0.25, -0.2) is 4.98 Å². The summed E-state index contributed by atoms with van der Waals surface area (Å²) in [6.07, 6.45) is 0.843. The van der Waals surface area contributed by atoms with Crippen LogP contribution in [0, 0.1) is 18.3 Å². The number of aromatic nitrogens is 1. The molecular weight excluding hydrogens is 204 g/mol. The highest BCUT2D eigenvalue weighted by atomic mass is 32.1. The van der Waals surface area contributed by atoms with Crippen LogP contribution in [-0.4, -0.2) is 4.98 Å². The average Bonchev–Trinajstić information content (AvgIpc) is 2.65. The average molecular weight is 214 g/mol. The van der Waals surface area contributed by atoms with Gasteiger partial charge in [0.1, 0.15) is 0 Å². The van der Waals surface area contributed by atoms with Crippen LogP contribution in [0.3, 0.4) is 0 Å². The minimum absolute atomic E-state index is 0.702. The van der Waals surface area contributed by atoms with Crippen LogP contribution in [-0.2, 0) is 6.42 Å². The Morgan fingerprint density at radius 3 is 2.60 bits per heavy atom. The zero-order valence-electron chi connectivity index (χ0n) is 8.40. The first-order valence-electron chi connectivity index (χ1n) is 4.68. The minimum Gasteiger partial charge on any atom is -0.246 e. The summed E-state index contributed by atoms with van der Waals surface area (Å²) in [7, 11) is 0. The molecule has 0 radical (unpaired) electrons. The van der Waals surface area contributed by atoms with Crippen LogP contribution >= 0.6 is 11.3 Å². The molecule has 74 valence electrons. The molecule has 3 heteroatoms. The Hall–Kier alpha value is -1.66. The highest BCUT2D eigenvalue weighted by Gasteiger charge is 2.00. The van der Waals surface area contributed by atoms with Gasteiger partial charge in [0.2, 0.25) is 0 Å². The first-order chi connectivity index (χ1) is 7.28. The van der Waals surface area contributed by atoms with Gasteiger partial charge < -0.3 is 0 Å². The molecule has 15 heavy (non-hydrogen) atoms. The normalized spacial score (nSPS) is 9.87. The molecule has 0 saturated heterocycles. The third-order valence-electron chi connectivity index (χ3n) is 2.13. The molecule has 1 aromatic heterocycles. The maximum atomic E-state index is 8.66. The molecule has 0 fully saturated rings. The fourth-order valence-corrected chi connectivity index (χ4v) is 2.01. The third-order valence-corrected chi connectivity index (χ3v) is 2.96. The Morgan fingerprint density at radius 1 is 1.33 bits per heavy atom. The molecular formula is C12H10N2S. The van der Waals surface area contributed by atoms with E-state index < -0.39 is 0 Å². The van der Waals surface area contributed by atoms with E-state index in [1.165, 1.54) is 5.56 Å². The minimum atomic E-state index is 0.702. The summed E-state index contributed by atoms with van der Waals surface area (Å²) in [4.78, 5) is 4.40. The van der Waals surface area contributed by atoms with Crippen molar-refractivity contribution in [3.8, 4) is 6.07 Å². The highest BCUT2D eigenvalue weighted by Crippen LogP contribution is 2.13. The lowest BCUT2D eigenvalue weighted by molar-refractivity contribution is 1.08. The number of hydrogen-bond donors (Lipinski definition) is 0. The lowest BCUT2D eigenvalue weighted by Gasteiger charge is -1.97. The van der Waals surface area contributed by atoms with E-state index in [0.717, 1.165) is 17.1 Å². The van der Waals surface area contributed by atoms with Crippen LogP contribution in [0.1, 0.15) is 21.8 Å². The van der Waals surface area contributed by atoms with Gasteiger partial charge in [-0.05, 0) is 24.6 Å². The summed E-state index contributed by atoms with van der Waals surface area (Å²) in [6, 6.07) is 9.75. The molecule has 0 saturated carbocycles. The van der Waals surface area contributed by atoms with Crippen LogP contribution in [0.25, 0.3) is 0 Å². The monoisotopic (exact) mass is 214 g/mol. The number of thiazole rings is 1. The topological polar surface area (TPSA) is 36.7 Å². The number of nitrogens with zero attached hydrogens (tertiary/aromatic N) is 2. The van der Waals surface area contributed by atoms with Gasteiger partial charge in [-0.2, -0.15) is 5.26 Å². The van der Waals surface area contributed by atoms with Gasteiger partial charge >= 0.3 is 0 Å². The maximum Gasteiger partial charge on any atom is 0.0991 e. The van der Waals surface area contributed by atoms with E-state index in [1.807, 2.05) is 31.2 Å². The fourth-order valence-electron chi connectivity index (χ4n) is 1.40. The molecule has 0 spiro atoms. The van der Waals surface area contributed by atoms with Crippen molar-refractivity contribution in [1.29, 1.82) is 5.26 Å². The highest BCUT2D eigenvalue weighted by molar-refractivity contribution is 7.09. The Kier molecular flexibility index (Phi) is 2.79. The predicted molar refractivity (Wildman–Crippen MR) is 60.8 cm³/mol. The van der Waals surface area contributed by atoms with Crippen molar-refractivity contribution in [2.75, 3.05) is 0 Å². The van der Waals surface area contributed by atoms with Gasteiger partial charge in [0.15, 0.2) is 0 Å². The SMILES string of the molecule is Cc1nc(Cc2ccc(C#N)cc2)cs1. The van der Waals surface area contributed by atoms with Crippen LogP contribution in [0.4, 0.5) is 0 Å². The van der Waals surface area contributed by atoms with Crippen molar-refractivity contribution in [2.24, 2.45) is 0 Å².